The van der Waals surface area contributed by atoms with E-state index in [1.807, 2.05) is 30.3 Å². The van der Waals surface area contributed by atoms with Crippen molar-refractivity contribution in [1.82, 2.24) is 5.32 Å². The van der Waals surface area contributed by atoms with Gasteiger partial charge in [0, 0.05) is 30.5 Å². The minimum atomic E-state index is -0.546. The number of ether oxygens (including phenoxy) is 1. The van der Waals surface area contributed by atoms with Gasteiger partial charge in [-0.15, -0.1) is 0 Å². The van der Waals surface area contributed by atoms with Crippen molar-refractivity contribution in [2.75, 3.05) is 12.3 Å². The van der Waals surface area contributed by atoms with Crippen LogP contribution in [0.3, 0.4) is 0 Å². The van der Waals surface area contributed by atoms with Crippen LogP contribution in [0.4, 0.5) is 11.4 Å². The third-order valence-corrected chi connectivity index (χ3v) is 4.28. The minimum absolute atomic E-state index is 0.0786. The maximum absolute atomic E-state index is 12.5. The summed E-state index contributed by atoms with van der Waals surface area (Å²) in [5, 5.41) is 13.8. The van der Waals surface area contributed by atoms with E-state index in [-0.39, 0.29) is 29.1 Å². The molecule has 3 N–H and O–H groups in total. The van der Waals surface area contributed by atoms with Gasteiger partial charge < -0.3 is 15.8 Å². The Morgan fingerprint density at radius 2 is 2.00 bits per heavy atom. The van der Waals surface area contributed by atoms with Gasteiger partial charge in [-0.1, -0.05) is 30.3 Å². The Bertz CT molecular complexity index is 779. The van der Waals surface area contributed by atoms with E-state index in [2.05, 4.69) is 5.32 Å². The van der Waals surface area contributed by atoms with E-state index in [1.165, 1.54) is 18.2 Å². The number of hydrogen-bond acceptors (Lipinski definition) is 5. The number of hydrogen-bond donors (Lipinski definition) is 2. The second kappa shape index (κ2) is 7.31. The lowest BCUT2D eigenvalue weighted by atomic mass is 9.97. The van der Waals surface area contributed by atoms with Gasteiger partial charge in [-0.05, 0) is 24.5 Å². The monoisotopic (exact) mass is 341 g/mol. The Kier molecular flexibility index (Phi) is 4.95. The summed E-state index contributed by atoms with van der Waals surface area (Å²) in [4.78, 5) is 22.8. The number of nitro groups is 1. The molecule has 7 nitrogen and oxygen atoms in total. The number of carbonyl (C=O) groups excluding carboxylic acids is 1. The van der Waals surface area contributed by atoms with Gasteiger partial charge in [0.05, 0.1) is 16.6 Å². The van der Waals surface area contributed by atoms with E-state index < -0.39 is 10.8 Å². The fraction of sp³-hybridized carbons (Fsp3) is 0.278. The number of nitrogens with two attached hydrogens (primary N) is 1. The van der Waals surface area contributed by atoms with Crippen molar-refractivity contribution in [2.24, 2.45) is 0 Å². The van der Waals surface area contributed by atoms with Gasteiger partial charge in [0.25, 0.3) is 11.6 Å². The number of carbonyl (C=O) groups is 1. The van der Waals surface area contributed by atoms with E-state index >= 15 is 0 Å². The molecule has 2 aromatic carbocycles. The quantitative estimate of drug-likeness (QED) is 0.505. The number of nitrogen functional groups attached to an aromatic ring is 1. The van der Waals surface area contributed by atoms with E-state index in [1.54, 1.807) is 0 Å². The highest BCUT2D eigenvalue weighted by molar-refractivity contribution is 5.99. The van der Waals surface area contributed by atoms with Crippen LogP contribution in [0.5, 0.6) is 0 Å². The molecule has 1 amide bonds. The number of non-ortho nitro benzene ring substituents is 1. The van der Waals surface area contributed by atoms with Crippen molar-refractivity contribution in [3.05, 3.63) is 69.8 Å². The van der Waals surface area contributed by atoms with Crippen LogP contribution in [0.25, 0.3) is 0 Å². The molecule has 0 unspecified atom stereocenters. The van der Waals surface area contributed by atoms with Gasteiger partial charge in [-0.25, -0.2) is 0 Å². The average Bonchev–Trinajstić information content (AvgIpc) is 2.62. The smallest absolute Gasteiger partial charge is 0.270 e. The van der Waals surface area contributed by atoms with Crippen LogP contribution in [-0.4, -0.2) is 23.5 Å². The van der Waals surface area contributed by atoms with Gasteiger partial charge >= 0.3 is 0 Å². The van der Waals surface area contributed by atoms with Crippen LogP contribution >= 0.6 is 0 Å². The predicted molar refractivity (Wildman–Crippen MR) is 93.1 cm³/mol. The number of rotatable bonds is 4. The minimum Gasteiger partial charge on any atom is -0.398 e. The summed E-state index contributed by atoms with van der Waals surface area (Å²) >= 11 is 0. The summed E-state index contributed by atoms with van der Waals surface area (Å²) in [6, 6.07) is 13.6. The molecular formula is C18H19N3O4. The van der Waals surface area contributed by atoms with Gasteiger partial charge in [0.15, 0.2) is 0 Å². The molecule has 0 radical (unpaired) electrons. The maximum atomic E-state index is 12.5. The van der Waals surface area contributed by atoms with Crippen molar-refractivity contribution in [3.8, 4) is 0 Å². The summed E-state index contributed by atoms with van der Waals surface area (Å²) in [6.45, 7) is 0.537. The maximum Gasteiger partial charge on any atom is 0.270 e. The molecular weight excluding hydrogens is 322 g/mol. The molecule has 0 aliphatic carbocycles. The molecule has 2 aromatic rings. The first-order valence-electron chi connectivity index (χ1n) is 8.06. The molecule has 1 aliphatic rings. The molecule has 0 spiro atoms. The molecule has 1 fully saturated rings. The normalized spacial score (nSPS) is 20.0. The zero-order valence-corrected chi connectivity index (χ0v) is 13.6. The lowest BCUT2D eigenvalue weighted by molar-refractivity contribution is -0.384. The summed E-state index contributed by atoms with van der Waals surface area (Å²) in [5.41, 5.74) is 7.05. The molecule has 3 rings (SSSR count). The average molecular weight is 341 g/mol. The van der Waals surface area contributed by atoms with E-state index in [0.29, 0.717) is 19.4 Å². The second-order valence-corrected chi connectivity index (χ2v) is 5.99. The Morgan fingerprint density at radius 3 is 2.72 bits per heavy atom. The fourth-order valence-corrected chi connectivity index (χ4v) is 2.95. The molecule has 1 heterocycles. The third-order valence-electron chi connectivity index (χ3n) is 4.28. The highest BCUT2D eigenvalue weighted by atomic mass is 16.6. The molecule has 7 heteroatoms. The first-order chi connectivity index (χ1) is 12.0. The molecule has 25 heavy (non-hydrogen) atoms. The Morgan fingerprint density at radius 1 is 1.24 bits per heavy atom. The van der Waals surface area contributed by atoms with Crippen LogP contribution in [0.15, 0.2) is 48.5 Å². The van der Waals surface area contributed by atoms with Crippen molar-refractivity contribution < 1.29 is 14.5 Å². The number of amides is 1. The van der Waals surface area contributed by atoms with Gasteiger partial charge in [0.1, 0.15) is 0 Å². The highest BCUT2D eigenvalue weighted by Crippen LogP contribution is 2.28. The lowest BCUT2D eigenvalue weighted by Gasteiger charge is -2.30. The largest absolute Gasteiger partial charge is 0.398 e. The lowest BCUT2D eigenvalue weighted by Crippen LogP contribution is -2.40. The van der Waals surface area contributed by atoms with Crippen LogP contribution in [0, 0.1) is 10.1 Å². The Labute approximate surface area is 144 Å². The third kappa shape index (κ3) is 3.95. The van der Waals surface area contributed by atoms with Crippen molar-refractivity contribution >= 4 is 17.3 Å². The van der Waals surface area contributed by atoms with Gasteiger partial charge in [-0.3, -0.25) is 14.9 Å². The van der Waals surface area contributed by atoms with Gasteiger partial charge in [-0.2, -0.15) is 0 Å². The molecule has 1 aliphatic heterocycles. The molecule has 130 valence electrons. The zero-order chi connectivity index (χ0) is 17.8. The number of anilines is 1. The summed E-state index contributed by atoms with van der Waals surface area (Å²) in [7, 11) is 0. The Balaban J connectivity index is 1.70. The first-order valence-corrected chi connectivity index (χ1v) is 8.06. The van der Waals surface area contributed by atoms with Gasteiger partial charge in [0.2, 0.25) is 0 Å². The highest BCUT2D eigenvalue weighted by Gasteiger charge is 2.26. The van der Waals surface area contributed by atoms with Crippen molar-refractivity contribution in [1.29, 1.82) is 0 Å². The molecule has 0 bridgehead atoms. The van der Waals surface area contributed by atoms with E-state index in [0.717, 1.165) is 5.56 Å². The summed E-state index contributed by atoms with van der Waals surface area (Å²) in [5.74, 6) is -0.403. The predicted octanol–water partition coefficient (Wildman–Crippen LogP) is 2.83. The Hall–Kier alpha value is -2.93. The molecule has 0 saturated carbocycles. The van der Waals surface area contributed by atoms with Crippen LogP contribution in [0.2, 0.25) is 0 Å². The fourth-order valence-electron chi connectivity index (χ4n) is 2.95. The van der Waals surface area contributed by atoms with E-state index in [9.17, 15) is 14.9 Å². The molecule has 0 aromatic heterocycles. The standard InChI is InChI=1S/C18H19N3O4/c19-16-7-6-14(21(23)24)11-15(16)18(22)20-13-8-9-25-17(10-13)12-4-2-1-3-5-12/h1-7,11,13,17H,8-10,19H2,(H,20,22)/t13-,17+/m0/s1. The second-order valence-electron chi connectivity index (χ2n) is 5.99. The topological polar surface area (TPSA) is 107 Å². The number of benzene rings is 2. The SMILES string of the molecule is Nc1ccc([N+](=O)[O-])cc1C(=O)N[C@H]1CCO[C@@H](c2ccccc2)C1. The molecule has 2 atom stereocenters. The summed E-state index contributed by atoms with van der Waals surface area (Å²) < 4.78 is 5.79. The van der Waals surface area contributed by atoms with Crippen molar-refractivity contribution in [2.45, 2.75) is 25.0 Å². The number of nitro benzene ring substituents is 1. The van der Waals surface area contributed by atoms with Crippen LogP contribution < -0.4 is 11.1 Å². The number of nitrogens with one attached hydrogen (secondary N) is 1. The van der Waals surface area contributed by atoms with Crippen LogP contribution in [0.1, 0.15) is 34.9 Å². The van der Waals surface area contributed by atoms with E-state index in [4.69, 9.17) is 10.5 Å². The van der Waals surface area contributed by atoms with Crippen molar-refractivity contribution in [3.63, 3.8) is 0 Å². The van der Waals surface area contributed by atoms with Crippen LogP contribution in [-0.2, 0) is 4.74 Å². The zero-order valence-electron chi connectivity index (χ0n) is 13.6. The number of nitrogens with zero attached hydrogens (tertiary/aromatic N) is 1. The first kappa shape index (κ1) is 16.9. The summed E-state index contributed by atoms with van der Waals surface area (Å²) in [6.07, 6.45) is 1.25. The molecule has 1 saturated heterocycles.